The fraction of sp³-hybridized carbons (Fsp3) is 0.412. The van der Waals surface area contributed by atoms with Crippen LogP contribution in [0, 0.1) is 5.92 Å². The van der Waals surface area contributed by atoms with Crippen LogP contribution in [0.3, 0.4) is 0 Å². The maximum Gasteiger partial charge on any atom is 0.240 e. The smallest absolute Gasteiger partial charge is 0.240 e. The number of nitrogens with one attached hydrogen (secondary N) is 1. The quantitative estimate of drug-likeness (QED) is 0.910. The number of hydrogen-bond donors (Lipinski definition) is 2. The van der Waals surface area contributed by atoms with Crippen LogP contribution in [0.1, 0.15) is 25.7 Å². The Balaban J connectivity index is 1.87. The molecule has 5 heteroatoms. The van der Waals surface area contributed by atoms with E-state index >= 15 is 0 Å². The van der Waals surface area contributed by atoms with E-state index in [-0.39, 0.29) is 12.0 Å². The van der Waals surface area contributed by atoms with E-state index in [9.17, 15) is 8.42 Å². The number of nitrogens with two attached hydrogens (primary N) is 1. The summed E-state index contributed by atoms with van der Waals surface area (Å²) in [6, 6.07) is 13.0. The predicted octanol–water partition coefficient (Wildman–Crippen LogP) is 2.64. The van der Waals surface area contributed by atoms with Crippen LogP contribution < -0.4 is 10.5 Å². The van der Waals surface area contributed by atoms with Crippen LogP contribution in [-0.4, -0.2) is 21.0 Å². The summed E-state index contributed by atoms with van der Waals surface area (Å²) in [4.78, 5) is 0.326. The lowest BCUT2D eigenvalue weighted by Gasteiger charge is -2.31. The zero-order valence-corrected chi connectivity index (χ0v) is 13.4. The Morgan fingerprint density at radius 2 is 1.77 bits per heavy atom. The summed E-state index contributed by atoms with van der Waals surface area (Å²) in [5.74, 6) is 0.240. The van der Waals surface area contributed by atoms with Crippen molar-refractivity contribution in [3.8, 4) is 0 Å². The average Bonchev–Trinajstić information content (AvgIpc) is 2.54. The van der Waals surface area contributed by atoms with Gasteiger partial charge in [0.2, 0.25) is 10.0 Å². The molecule has 0 aliphatic heterocycles. The molecule has 2 atom stereocenters. The lowest BCUT2D eigenvalue weighted by molar-refractivity contribution is 0.296. The van der Waals surface area contributed by atoms with Crippen LogP contribution in [0.2, 0.25) is 0 Å². The van der Waals surface area contributed by atoms with E-state index in [1.165, 1.54) is 0 Å². The maximum absolute atomic E-state index is 12.7. The molecule has 3 N–H and O–H groups in total. The van der Waals surface area contributed by atoms with Crippen LogP contribution >= 0.6 is 0 Å². The van der Waals surface area contributed by atoms with Crippen molar-refractivity contribution in [3.63, 3.8) is 0 Å². The van der Waals surface area contributed by atoms with E-state index in [0.717, 1.165) is 36.5 Å². The van der Waals surface area contributed by atoms with Gasteiger partial charge in [0.1, 0.15) is 0 Å². The van der Waals surface area contributed by atoms with Gasteiger partial charge in [0.05, 0.1) is 4.90 Å². The standard InChI is InChI=1S/C17H22N2O2S/c18-12-15-7-3-4-8-17(15)19-22(20,21)16-10-9-13-5-1-2-6-14(13)11-16/h1-2,5-6,9-11,15,17,19H,3-4,7-8,12,18H2. The summed E-state index contributed by atoms with van der Waals surface area (Å²) < 4.78 is 28.2. The van der Waals surface area contributed by atoms with Crippen LogP contribution in [0.5, 0.6) is 0 Å². The minimum absolute atomic E-state index is 0.0461. The SMILES string of the molecule is NCC1CCCCC1NS(=O)(=O)c1ccc2ccccc2c1. The average molecular weight is 318 g/mol. The molecule has 2 aromatic rings. The summed E-state index contributed by atoms with van der Waals surface area (Å²) in [7, 11) is -3.50. The second-order valence-corrected chi connectivity index (χ2v) is 7.73. The first kappa shape index (κ1) is 15.5. The highest BCUT2D eigenvalue weighted by Crippen LogP contribution is 2.26. The molecule has 3 rings (SSSR count). The normalized spacial score (nSPS) is 22.8. The highest BCUT2D eigenvalue weighted by atomic mass is 32.2. The highest BCUT2D eigenvalue weighted by molar-refractivity contribution is 7.89. The molecular formula is C17H22N2O2S. The highest BCUT2D eigenvalue weighted by Gasteiger charge is 2.28. The monoisotopic (exact) mass is 318 g/mol. The Kier molecular flexibility index (Phi) is 4.47. The molecular weight excluding hydrogens is 296 g/mol. The van der Waals surface area contributed by atoms with Gasteiger partial charge in [0.25, 0.3) is 0 Å². The van der Waals surface area contributed by atoms with Crippen molar-refractivity contribution in [2.24, 2.45) is 11.7 Å². The molecule has 0 saturated heterocycles. The molecule has 1 fully saturated rings. The van der Waals surface area contributed by atoms with Gasteiger partial charge >= 0.3 is 0 Å². The summed E-state index contributed by atoms with van der Waals surface area (Å²) >= 11 is 0. The molecule has 1 aliphatic carbocycles. The van der Waals surface area contributed by atoms with E-state index in [2.05, 4.69) is 4.72 Å². The van der Waals surface area contributed by atoms with E-state index in [1.54, 1.807) is 12.1 Å². The number of fused-ring (bicyclic) bond motifs is 1. The summed E-state index contributed by atoms with van der Waals surface area (Å²) in [5.41, 5.74) is 5.79. The second kappa shape index (κ2) is 6.36. The molecule has 118 valence electrons. The Morgan fingerprint density at radius 1 is 1.05 bits per heavy atom. The molecule has 0 aromatic heterocycles. The van der Waals surface area contributed by atoms with E-state index < -0.39 is 10.0 Å². The summed E-state index contributed by atoms with van der Waals surface area (Å²) in [6.45, 7) is 0.533. The summed E-state index contributed by atoms with van der Waals surface area (Å²) in [5, 5.41) is 1.98. The molecule has 2 unspecified atom stereocenters. The molecule has 0 heterocycles. The lowest BCUT2D eigenvalue weighted by Crippen LogP contribution is -2.44. The van der Waals surface area contributed by atoms with Gasteiger partial charge in [-0.1, -0.05) is 43.2 Å². The molecule has 1 saturated carbocycles. The molecule has 0 amide bonds. The Labute approximate surface area is 131 Å². The third-order valence-corrected chi connectivity index (χ3v) is 6.04. The van der Waals surface area contributed by atoms with E-state index in [0.29, 0.717) is 11.4 Å². The van der Waals surface area contributed by atoms with Gasteiger partial charge in [-0.2, -0.15) is 0 Å². The maximum atomic E-state index is 12.7. The van der Waals surface area contributed by atoms with Crippen molar-refractivity contribution in [3.05, 3.63) is 42.5 Å². The zero-order chi connectivity index (χ0) is 15.6. The van der Waals surface area contributed by atoms with Gasteiger partial charge in [-0.15, -0.1) is 0 Å². The van der Waals surface area contributed by atoms with Crippen LogP contribution in [0.4, 0.5) is 0 Å². The van der Waals surface area contributed by atoms with E-state index in [1.807, 2.05) is 30.3 Å². The van der Waals surface area contributed by atoms with Crippen molar-refractivity contribution >= 4 is 20.8 Å². The number of benzene rings is 2. The fourth-order valence-electron chi connectivity index (χ4n) is 3.25. The molecule has 0 bridgehead atoms. The minimum atomic E-state index is -3.50. The predicted molar refractivity (Wildman–Crippen MR) is 89.1 cm³/mol. The first-order valence-electron chi connectivity index (χ1n) is 7.81. The molecule has 22 heavy (non-hydrogen) atoms. The number of sulfonamides is 1. The van der Waals surface area contributed by atoms with Gasteiger partial charge in [-0.25, -0.2) is 13.1 Å². The van der Waals surface area contributed by atoms with Crippen molar-refractivity contribution in [1.82, 2.24) is 4.72 Å². The Bertz CT molecular complexity index is 758. The number of rotatable bonds is 4. The largest absolute Gasteiger partial charge is 0.330 e. The van der Waals surface area contributed by atoms with Gasteiger partial charge in [-0.05, 0) is 48.2 Å². The first-order chi connectivity index (χ1) is 10.6. The zero-order valence-electron chi connectivity index (χ0n) is 12.5. The molecule has 0 radical (unpaired) electrons. The lowest BCUT2D eigenvalue weighted by atomic mass is 9.85. The topological polar surface area (TPSA) is 72.2 Å². The third kappa shape index (κ3) is 3.16. The fourth-order valence-corrected chi connectivity index (χ4v) is 4.62. The number of hydrogen-bond acceptors (Lipinski definition) is 3. The van der Waals surface area contributed by atoms with Crippen LogP contribution in [-0.2, 0) is 10.0 Å². The van der Waals surface area contributed by atoms with Gasteiger partial charge in [0, 0.05) is 6.04 Å². The van der Waals surface area contributed by atoms with Crippen molar-refractivity contribution in [2.45, 2.75) is 36.6 Å². The van der Waals surface area contributed by atoms with Gasteiger partial charge in [0.15, 0.2) is 0 Å². The van der Waals surface area contributed by atoms with Crippen LogP contribution in [0.15, 0.2) is 47.4 Å². The second-order valence-electron chi connectivity index (χ2n) is 6.02. The molecule has 2 aromatic carbocycles. The first-order valence-corrected chi connectivity index (χ1v) is 9.30. The molecule has 1 aliphatic rings. The van der Waals surface area contributed by atoms with Gasteiger partial charge in [-0.3, -0.25) is 0 Å². The van der Waals surface area contributed by atoms with E-state index in [4.69, 9.17) is 5.73 Å². The third-order valence-electron chi connectivity index (χ3n) is 4.55. The van der Waals surface area contributed by atoms with Crippen molar-refractivity contribution < 1.29 is 8.42 Å². The molecule has 0 spiro atoms. The Hall–Kier alpha value is -1.43. The van der Waals surface area contributed by atoms with Gasteiger partial charge < -0.3 is 5.73 Å². The van der Waals surface area contributed by atoms with Crippen molar-refractivity contribution in [2.75, 3.05) is 6.54 Å². The Morgan fingerprint density at radius 3 is 2.55 bits per heavy atom. The summed E-state index contributed by atoms with van der Waals surface area (Å²) in [6.07, 6.45) is 4.06. The van der Waals surface area contributed by atoms with Crippen LogP contribution in [0.25, 0.3) is 10.8 Å². The van der Waals surface area contributed by atoms with Crippen molar-refractivity contribution in [1.29, 1.82) is 0 Å². The molecule has 4 nitrogen and oxygen atoms in total. The minimum Gasteiger partial charge on any atom is -0.330 e.